The van der Waals surface area contributed by atoms with Crippen molar-refractivity contribution in [2.75, 3.05) is 25.6 Å². The Morgan fingerprint density at radius 2 is 1.35 bits per heavy atom. The van der Waals surface area contributed by atoms with Gasteiger partial charge in [-0.05, 0) is 39.4 Å². The van der Waals surface area contributed by atoms with Crippen molar-refractivity contribution in [2.24, 2.45) is 0 Å². The highest BCUT2D eigenvalue weighted by atomic mass is 32.2. The number of thiol groups is 1. The van der Waals surface area contributed by atoms with Crippen LogP contribution in [-0.2, 0) is 13.3 Å². The topological polar surface area (TPSA) is 27.7 Å². The van der Waals surface area contributed by atoms with E-state index in [0.717, 1.165) is 18.6 Å². The van der Waals surface area contributed by atoms with Crippen molar-refractivity contribution < 1.29 is 13.3 Å². The van der Waals surface area contributed by atoms with E-state index >= 15 is 0 Å². The molecule has 3 nitrogen and oxygen atoms in total. The van der Waals surface area contributed by atoms with Crippen molar-refractivity contribution in [3.8, 4) is 0 Å². The fourth-order valence-electron chi connectivity index (χ4n) is 2.66. The summed E-state index contributed by atoms with van der Waals surface area (Å²) in [7, 11) is -2.74. The van der Waals surface area contributed by atoms with Gasteiger partial charge in [0.2, 0.25) is 0 Å². The number of rotatable bonds is 12. The first-order valence-electron chi connectivity index (χ1n) is 8.80. The van der Waals surface area contributed by atoms with E-state index in [1.54, 1.807) is 0 Å². The average molecular weight is 383 g/mol. The minimum Gasteiger partial charge on any atom is -0.374 e. The van der Waals surface area contributed by atoms with Crippen LogP contribution >= 0.6 is 24.4 Å². The van der Waals surface area contributed by atoms with Gasteiger partial charge in [-0.25, -0.2) is 0 Å². The van der Waals surface area contributed by atoms with Gasteiger partial charge in [-0.2, -0.15) is 24.4 Å². The van der Waals surface area contributed by atoms with Crippen LogP contribution < -0.4 is 0 Å². The number of thioether (sulfide) groups is 1. The molecule has 140 valence electrons. The summed E-state index contributed by atoms with van der Waals surface area (Å²) in [6.07, 6.45) is 2.14. The van der Waals surface area contributed by atoms with Gasteiger partial charge >= 0.3 is 8.80 Å². The maximum Gasteiger partial charge on any atom is 0.505 e. The monoisotopic (exact) mass is 382 g/mol. The van der Waals surface area contributed by atoms with E-state index in [-0.39, 0.29) is 10.3 Å². The highest BCUT2D eigenvalue weighted by Crippen LogP contribution is 2.43. The van der Waals surface area contributed by atoms with Crippen LogP contribution in [0.5, 0.6) is 0 Å². The lowest BCUT2D eigenvalue weighted by molar-refractivity contribution is 0.0563. The first-order valence-corrected chi connectivity index (χ1v) is 12.0. The Morgan fingerprint density at radius 1 is 0.913 bits per heavy atom. The molecule has 1 unspecified atom stereocenters. The molecule has 23 heavy (non-hydrogen) atoms. The predicted octanol–water partition coefficient (Wildman–Crippen LogP) is 5.43. The lowest BCUT2D eigenvalue weighted by atomic mass is 10.1. The van der Waals surface area contributed by atoms with Crippen molar-refractivity contribution in [1.82, 2.24) is 0 Å². The summed E-state index contributed by atoms with van der Waals surface area (Å²) >= 11 is 6.87. The Kier molecular flexibility index (Phi) is 11.1. The highest BCUT2D eigenvalue weighted by Gasteiger charge is 2.54. The molecular formula is C17H38O3S2Si. The predicted molar refractivity (Wildman–Crippen MR) is 109 cm³/mol. The zero-order chi connectivity index (χ0) is 18.1. The third-order valence-electron chi connectivity index (χ3n) is 3.49. The summed E-state index contributed by atoms with van der Waals surface area (Å²) in [5, 5.41) is 0. The van der Waals surface area contributed by atoms with Gasteiger partial charge in [-0.1, -0.05) is 34.6 Å². The van der Waals surface area contributed by atoms with Crippen LogP contribution in [0, 0.1) is 0 Å². The number of hydrogen-bond acceptors (Lipinski definition) is 5. The Morgan fingerprint density at radius 3 is 1.65 bits per heavy atom. The van der Waals surface area contributed by atoms with E-state index in [1.807, 2.05) is 32.5 Å². The van der Waals surface area contributed by atoms with Crippen LogP contribution in [0.3, 0.4) is 0 Å². The van der Waals surface area contributed by atoms with Crippen LogP contribution in [-0.4, -0.2) is 43.9 Å². The third-order valence-corrected chi connectivity index (χ3v) is 9.34. The molecule has 0 aromatic rings. The van der Waals surface area contributed by atoms with Crippen molar-refractivity contribution in [3.63, 3.8) is 0 Å². The maximum absolute atomic E-state index is 6.14. The zero-order valence-corrected chi connectivity index (χ0v) is 19.1. The summed E-state index contributed by atoms with van der Waals surface area (Å²) in [5.41, 5.74) is 0.193. The summed E-state index contributed by atoms with van der Waals surface area (Å²) in [6, 6.07) is 0. The SMILES string of the molecule is CCO[Si](OCC)(OCC)C(CCCSC(C)(C)C)C(C)(C)S. The molecule has 0 aromatic carbocycles. The molecule has 0 N–H and O–H groups in total. The fourth-order valence-corrected chi connectivity index (χ4v) is 7.67. The first kappa shape index (κ1) is 23.8. The van der Waals surface area contributed by atoms with Crippen LogP contribution in [0.1, 0.15) is 68.2 Å². The molecule has 0 aliphatic heterocycles. The zero-order valence-electron chi connectivity index (χ0n) is 16.4. The van der Waals surface area contributed by atoms with Crippen LogP contribution in [0.25, 0.3) is 0 Å². The lowest BCUT2D eigenvalue weighted by Crippen LogP contribution is -2.55. The molecule has 0 bridgehead atoms. The van der Waals surface area contributed by atoms with Gasteiger partial charge in [0.15, 0.2) is 0 Å². The molecule has 0 amide bonds. The standard InChI is InChI=1S/C17H38O3S2Si/c1-9-18-23(19-10-2,20-11-3)15(17(7,8)21)13-12-14-22-16(4,5)6/h15,21H,9-14H2,1-8H3. The second-order valence-corrected chi connectivity index (χ2v) is 13.1. The minimum absolute atomic E-state index is 0.193. The van der Waals surface area contributed by atoms with E-state index in [9.17, 15) is 0 Å². The maximum atomic E-state index is 6.14. The second-order valence-electron chi connectivity index (χ2n) is 7.21. The van der Waals surface area contributed by atoms with Crippen molar-refractivity contribution >= 4 is 33.2 Å². The molecular weight excluding hydrogens is 344 g/mol. The summed E-state index contributed by atoms with van der Waals surface area (Å²) in [6.45, 7) is 19.0. The van der Waals surface area contributed by atoms with Gasteiger partial charge in [-0.3, -0.25) is 0 Å². The highest BCUT2D eigenvalue weighted by molar-refractivity contribution is 8.00. The van der Waals surface area contributed by atoms with Crippen molar-refractivity contribution in [2.45, 2.75) is 83.3 Å². The van der Waals surface area contributed by atoms with E-state index < -0.39 is 8.80 Å². The molecule has 0 aliphatic carbocycles. The smallest absolute Gasteiger partial charge is 0.374 e. The molecule has 0 aliphatic rings. The first-order chi connectivity index (χ1) is 10.5. The summed E-state index contributed by atoms with van der Waals surface area (Å²) < 4.78 is 18.5. The molecule has 0 saturated heterocycles. The van der Waals surface area contributed by atoms with Gasteiger partial charge in [-0.15, -0.1) is 0 Å². The average Bonchev–Trinajstić information content (AvgIpc) is 2.36. The Labute approximate surface area is 155 Å². The normalized spacial score (nSPS) is 15.0. The van der Waals surface area contributed by atoms with Crippen molar-refractivity contribution in [3.05, 3.63) is 0 Å². The fraction of sp³-hybridized carbons (Fsp3) is 1.00. The molecule has 0 spiro atoms. The van der Waals surface area contributed by atoms with Gasteiger partial charge < -0.3 is 13.3 Å². The number of hydrogen-bond donors (Lipinski definition) is 1. The quantitative estimate of drug-likeness (QED) is 0.277. The minimum atomic E-state index is -2.74. The molecule has 6 heteroatoms. The summed E-state index contributed by atoms with van der Waals surface area (Å²) in [4.78, 5) is 0. The van der Waals surface area contributed by atoms with Gasteiger partial charge in [0.05, 0.1) is 0 Å². The second kappa shape index (κ2) is 10.7. The molecule has 0 heterocycles. The molecule has 1 atom stereocenters. The van der Waals surface area contributed by atoms with Gasteiger partial charge in [0.25, 0.3) is 0 Å². The summed E-state index contributed by atoms with van der Waals surface area (Å²) in [5.74, 6) is 1.14. The largest absolute Gasteiger partial charge is 0.505 e. The Balaban J connectivity index is 5.13. The van der Waals surface area contributed by atoms with E-state index in [2.05, 4.69) is 34.6 Å². The van der Waals surface area contributed by atoms with E-state index in [1.165, 1.54) is 0 Å². The van der Waals surface area contributed by atoms with Crippen LogP contribution in [0.15, 0.2) is 0 Å². The Bertz CT molecular complexity index is 297. The van der Waals surface area contributed by atoms with Crippen LogP contribution in [0.4, 0.5) is 0 Å². The molecule has 0 fully saturated rings. The van der Waals surface area contributed by atoms with E-state index in [0.29, 0.717) is 24.6 Å². The lowest BCUT2D eigenvalue weighted by Gasteiger charge is -2.41. The van der Waals surface area contributed by atoms with Gasteiger partial charge in [0, 0.05) is 34.9 Å². The van der Waals surface area contributed by atoms with E-state index in [4.69, 9.17) is 25.9 Å². The molecule has 0 radical (unpaired) electrons. The third kappa shape index (κ3) is 9.17. The Hall–Kier alpha value is 0.797. The van der Waals surface area contributed by atoms with Crippen LogP contribution in [0.2, 0.25) is 5.54 Å². The molecule has 0 aromatic heterocycles. The molecule has 0 saturated carbocycles. The van der Waals surface area contributed by atoms with Crippen molar-refractivity contribution in [1.29, 1.82) is 0 Å². The van der Waals surface area contributed by atoms with Gasteiger partial charge in [0.1, 0.15) is 0 Å². The molecule has 0 rings (SSSR count).